The van der Waals surface area contributed by atoms with E-state index in [4.69, 9.17) is 0 Å². The molecule has 1 saturated heterocycles. The third kappa shape index (κ3) is 5.61. The fourth-order valence-corrected chi connectivity index (χ4v) is 3.98. The van der Waals surface area contributed by atoms with Gasteiger partial charge >= 0.3 is 12.0 Å². The number of urea groups is 1. The van der Waals surface area contributed by atoms with Crippen LogP contribution in [0.2, 0.25) is 0 Å². The molecule has 1 atom stereocenters. The van der Waals surface area contributed by atoms with Crippen molar-refractivity contribution in [2.45, 2.75) is 89.1 Å². The zero-order valence-electron chi connectivity index (χ0n) is 15.9. The van der Waals surface area contributed by atoms with Crippen molar-refractivity contribution in [2.24, 2.45) is 0 Å². The van der Waals surface area contributed by atoms with Gasteiger partial charge in [-0.2, -0.15) is 0 Å². The minimum Gasteiger partial charge on any atom is -0.480 e. The number of hydrogen-bond donors (Lipinski definition) is 3. The SMILES string of the molecule is CC1(C(=O)O)CCCN1C(=O)CCCCCNC(=O)NC1CCCCC1. The summed E-state index contributed by atoms with van der Waals surface area (Å²) in [5, 5.41) is 15.3. The van der Waals surface area contributed by atoms with E-state index in [2.05, 4.69) is 10.6 Å². The molecule has 0 bridgehead atoms. The van der Waals surface area contributed by atoms with Gasteiger partial charge in [-0.05, 0) is 45.4 Å². The number of unbranched alkanes of at least 4 members (excludes halogenated alkanes) is 2. The first kappa shape index (κ1) is 20.5. The topological polar surface area (TPSA) is 98.7 Å². The molecule has 0 spiro atoms. The molecule has 1 unspecified atom stereocenters. The van der Waals surface area contributed by atoms with Crippen LogP contribution in [0.25, 0.3) is 0 Å². The van der Waals surface area contributed by atoms with Gasteiger partial charge in [-0.1, -0.05) is 25.7 Å². The highest BCUT2D eigenvalue weighted by atomic mass is 16.4. The summed E-state index contributed by atoms with van der Waals surface area (Å²) in [5.41, 5.74) is -1.05. The number of rotatable bonds is 8. The third-order valence-corrected chi connectivity index (χ3v) is 5.70. The van der Waals surface area contributed by atoms with Gasteiger partial charge in [0.15, 0.2) is 0 Å². The number of carboxylic acids is 1. The fourth-order valence-electron chi connectivity index (χ4n) is 3.98. The molecule has 1 aliphatic carbocycles. The van der Waals surface area contributed by atoms with Gasteiger partial charge in [0.25, 0.3) is 0 Å². The molecule has 7 heteroatoms. The molecule has 3 amide bonds. The molecule has 1 heterocycles. The number of nitrogens with zero attached hydrogens (tertiary/aromatic N) is 1. The highest BCUT2D eigenvalue weighted by molar-refractivity contribution is 5.87. The number of aliphatic carboxylic acids is 1. The van der Waals surface area contributed by atoms with Crippen molar-refractivity contribution >= 4 is 17.9 Å². The Morgan fingerprint density at radius 2 is 1.81 bits per heavy atom. The lowest BCUT2D eigenvalue weighted by Crippen LogP contribution is -2.50. The van der Waals surface area contributed by atoms with Crippen LogP contribution in [-0.2, 0) is 9.59 Å². The average Bonchev–Trinajstić information content (AvgIpc) is 3.02. The molecule has 0 aromatic heterocycles. The van der Waals surface area contributed by atoms with E-state index in [9.17, 15) is 19.5 Å². The van der Waals surface area contributed by atoms with Crippen molar-refractivity contribution in [1.82, 2.24) is 15.5 Å². The number of carboxylic acid groups (broad SMARTS) is 1. The number of nitrogens with one attached hydrogen (secondary N) is 2. The van der Waals surface area contributed by atoms with Crippen LogP contribution in [0.4, 0.5) is 4.79 Å². The zero-order valence-corrected chi connectivity index (χ0v) is 15.9. The summed E-state index contributed by atoms with van der Waals surface area (Å²) < 4.78 is 0. The standard InChI is InChI=1S/C19H33N3O4/c1-19(17(24)25)12-8-14-22(19)16(23)11-6-3-7-13-20-18(26)21-15-9-4-2-5-10-15/h15H,2-14H2,1H3,(H,24,25)(H2,20,21,26). The second kappa shape index (κ2) is 9.78. The second-order valence-corrected chi connectivity index (χ2v) is 7.77. The normalized spacial score (nSPS) is 23.7. The summed E-state index contributed by atoms with van der Waals surface area (Å²) in [7, 11) is 0. The van der Waals surface area contributed by atoms with Gasteiger partial charge in [-0.15, -0.1) is 0 Å². The maximum Gasteiger partial charge on any atom is 0.329 e. The number of carbonyl (C=O) groups excluding carboxylic acids is 2. The van der Waals surface area contributed by atoms with Crippen molar-refractivity contribution in [1.29, 1.82) is 0 Å². The first-order valence-corrected chi connectivity index (χ1v) is 10.0. The summed E-state index contributed by atoms with van der Waals surface area (Å²) in [6, 6.07) is 0.215. The summed E-state index contributed by atoms with van der Waals surface area (Å²) >= 11 is 0. The van der Waals surface area contributed by atoms with Crippen molar-refractivity contribution in [2.75, 3.05) is 13.1 Å². The molecular formula is C19H33N3O4. The first-order chi connectivity index (χ1) is 12.4. The highest BCUT2D eigenvalue weighted by Crippen LogP contribution is 2.30. The van der Waals surface area contributed by atoms with Gasteiger partial charge in [0.05, 0.1) is 0 Å². The van der Waals surface area contributed by atoms with Gasteiger partial charge < -0.3 is 20.6 Å². The number of amides is 3. The maximum absolute atomic E-state index is 12.3. The van der Waals surface area contributed by atoms with E-state index in [0.717, 1.165) is 38.5 Å². The van der Waals surface area contributed by atoms with E-state index in [1.807, 2.05) is 0 Å². The Morgan fingerprint density at radius 3 is 2.50 bits per heavy atom. The number of carbonyl (C=O) groups is 3. The summed E-state index contributed by atoms with van der Waals surface area (Å²) in [6.45, 7) is 2.77. The Kier molecular flexibility index (Phi) is 7.72. The van der Waals surface area contributed by atoms with Crippen LogP contribution >= 0.6 is 0 Å². The average molecular weight is 367 g/mol. The van der Waals surface area contributed by atoms with E-state index in [1.165, 1.54) is 24.2 Å². The van der Waals surface area contributed by atoms with Crippen LogP contribution in [0.3, 0.4) is 0 Å². The van der Waals surface area contributed by atoms with Crippen LogP contribution in [0.5, 0.6) is 0 Å². The molecule has 1 saturated carbocycles. The molecule has 2 aliphatic rings. The van der Waals surface area contributed by atoms with E-state index in [1.54, 1.807) is 6.92 Å². The molecule has 148 valence electrons. The van der Waals surface area contributed by atoms with Gasteiger partial charge in [0, 0.05) is 25.6 Å². The van der Waals surface area contributed by atoms with Crippen LogP contribution in [0.1, 0.15) is 77.6 Å². The molecule has 0 radical (unpaired) electrons. The van der Waals surface area contributed by atoms with Crippen molar-refractivity contribution in [3.05, 3.63) is 0 Å². The van der Waals surface area contributed by atoms with Gasteiger partial charge in [-0.3, -0.25) is 4.79 Å². The molecule has 0 aromatic rings. The third-order valence-electron chi connectivity index (χ3n) is 5.70. The van der Waals surface area contributed by atoms with Crippen LogP contribution in [0.15, 0.2) is 0 Å². The van der Waals surface area contributed by atoms with Gasteiger partial charge in [0.1, 0.15) is 5.54 Å². The molecule has 2 rings (SSSR count). The number of likely N-dealkylation sites (tertiary alicyclic amines) is 1. The van der Waals surface area contributed by atoms with Gasteiger partial charge in [0.2, 0.25) is 5.91 Å². The molecule has 0 aromatic carbocycles. The smallest absolute Gasteiger partial charge is 0.329 e. The van der Waals surface area contributed by atoms with E-state index < -0.39 is 11.5 Å². The number of hydrogen-bond acceptors (Lipinski definition) is 3. The highest BCUT2D eigenvalue weighted by Gasteiger charge is 2.45. The fraction of sp³-hybridized carbons (Fsp3) is 0.842. The Bertz CT molecular complexity index is 505. The molecule has 2 fully saturated rings. The van der Waals surface area contributed by atoms with Crippen molar-refractivity contribution in [3.63, 3.8) is 0 Å². The second-order valence-electron chi connectivity index (χ2n) is 7.77. The quantitative estimate of drug-likeness (QED) is 0.574. The minimum absolute atomic E-state index is 0.0737. The Labute approximate surface area is 155 Å². The van der Waals surface area contributed by atoms with Crippen LogP contribution in [0, 0.1) is 0 Å². The predicted molar refractivity (Wildman–Crippen MR) is 98.9 cm³/mol. The molecule has 7 nitrogen and oxygen atoms in total. The molecule has 3 N–H and O–H groups in total. The Morgan fingerprint density at radius 1 is 1.08 bits per heavy atom. The predicted octanol–water partition coefficient (Wildman–Crippen LogP) is 2.64. The molecule has 1 aliphatic heterocycles. The summed E-state index contributed by atoms with van der Waals surface area (Å²) in [6.07, 6.45) is 9.81. The van der Waals surface area contributed by atoms with Crippen LogP contribution in [-0.4, -0.2) is 52.6 Å². The largest absolute Gasteiger partial charge is 0.480 e. The summed E-state index contributed by atoms with van der Waals surface area (Å²) in [4.78, 5) is 37.1. The first-order valence-electron chi connectivity index (χ1n) is 10.0. The van der Waals surface area contributed by atoms with E-state index >= 15 is 0 Å². The zero-order chi connectivity index (χ0) is 19.0. The van der Waals surface area contributed by atoms with Crippen LogP contribution < -0.4 is 10.6 Å². The minimum atomic E-state index is -1.05. The van der Waals surface area contributed by atoms with E-state index in [-0.39, 0.29) is 11.9 Å². The van der Waals surface area contributed by atoms with E-state index in [0.29, 0.717) is 32.0 Å². The monoisotopic (exact) mass is 367 g/mol. The lowest BCUT2D eigenvalue weighted by atomic mass is 9.96. The molecule has 26 heavy (non-hydrogen) atoms. The molecular weight excluding hydrogens is 334 g/mol. The maximum atomic E-state index is 12.3. The summed E-state index contributed by atoms with van der Waals surface area (Å²) in [5.74, 6) is -0.994. The van der Waals surface area contributed by atoms with Crippen molar-refractivity contribution in [3.8, 4) is 0 Å². The van der Waals surface area contributed by atoms with Gasteiger partial charge in [-0.25, -0.2) is 9.59 Å². The lowest BCUT2D eigenvalue weighted by Gasteiger charge is -2.31. The Balaban J connectivity index is 1.55. The lowest BCUT2D eigenvalue weighted by molar-refractivity contribution is -0.155. The Hall–Kier alpha value is -1.79. The van der Waals surface area contributed by atoms with Crippen molar-refractivity contribution < 1.29 is 19.5 Å².